The molecule has 0 bridgehead atoms. The van der Waals surface area contributed by atoms with Crippen molar-refractivity contribution in [1.29, 1.82) is 0 Å². The number of likely N-dealkylation sites (N-methyl/N-ethyl adjacent to an activating group) is 1. The average molecular weight is 678 g/mol. The molecule has 49 heavy (non-hydrogen) atoms. The number of nitrogen functional groups attached to an aromatic ring is 1. The van der Waals surface area contributed by atoms with Crippen LogP contribution in [0.5, 0.6) is 5.75 Å². The van der Waals surface area contributed by atoms with Gasteiger partial charge in [0.25, 0.3) is 5.91 Å². The molecule has 0 fully saturated rings. The Kier molecular flexibility index (Phi) is 12.6. The van der Waals surface area contributed by atoms with Gasteiger partial charge >= 0.3 is 6.03 Å². The van der Waals surface area contributed by atoms with Crippen molar-refractivity contribution in [1.82, 2.24) is 15.0 Å². The normalized spacial score (nSPS) is 16.4. The topological polar surface area (TPSA) is 192 Å². The van der Waals surface area contributed by atoms with Gasteiger partial charge in [0.15, 0.2) is 11.5 Å². The lowest BCUT2D eigenvalue weighted by Crippen LogP contribution is -2.50. The van der Waals surface area contributed by atoms with Crippen LogP contribution in [0.25, 0.3) is 0 Å². The highest BCUT2D eigenvalue weighted by atomic mass is 16.5. The van der Waals surface area contributed by atoms with E-state index < -0.39 is 18.2 Å². The predicted molar refractivity (Wildman–Crippen MR) is 186 cm³/mol. The molecule has 0 spiro atoms. The Balaban J connectivity index is 1.43. The lowest BCUT2D eigenvalue weighted by Gasteiger charge is -2.38. The van der Waals surface area contributed by atoms with Crippen LogP contribution in [0, 0.1) is 19.8 Å². The number of aliphatic hydroxyl groups excluding tert-OH is 1. The number of hydrogen-bond acceptors (Lipinski definition) is 9. The number of rotatable bonds is 13. The number of urea groups is 1. The van der Waals surface area contributed by atoms with Crippen LogP contribution in [0.3, 0.4) is 0 Å². The SMILES string of the molecule is Cc1noc(C)c1NC(=O)N(C)C[C@@H]1Oc2c(NC(=O)CCCCCC(=O)Nc3ccccc3N)cccc2C(=O)N([C@H](C)CO)C[C@H]1C. The second kappa shape index (κ2) is 16.8. The molecule has 0 unspecified atom stereocenters. The molecule has 2 aromatic carbocycles. The summed E-state index contributed by atoms with van der Waals surface area (Å²) < 4.78 is 11.7. The monoisotopic (exact) mass is 677 g/mol. The molecule has 264 valence electrons. The lowest BCUT2D eigenvalue weighted by molar-refractivity contribution is -0.116. The van der Waals surface area contributed by atoms with Gasteiger partial charge in [-0.3, -0.25) is 14.4 Å². The van der Waals surface area contributed by atoms with E-state index >= 15 is 0 Å². The summed E-state index contributed by atoms with van der Waals surface area (Å²) in [5, 5.41) is 22.4. The number of aliphatic hydroxyl groups is 1. The maximum Gasteiger partial charge on any atom is 0.321 e. The number of unbranched alkanes of at least 4 members (excludes halogenated alkanes) is 2. The number of fused-ring (bicyclic) bond motifs is 1. The maximum atomic E-state index is 13.8. The van der Waals surface area contributed by atoms with Gasteiger partial charge < -0.3 is 45.9 Å². The Hall–Kier alpha value is -5.11. The number of amides is 5. The largest absolute Gasteiger partial charge is 0.485 e. The van der Waals surface area contributed by atoms with Crippen molar-refractivity contribution in [2.45, 2.75) is 71.9 Å². The van der Waals surface area contributed by atoms with Crippen molar-refractivity contribution in [2.75, 3.05) is 48.4 Å². The summed E-state index contributed by atoms with van der Waals surface area (Å²) in [6, 6.07) is 11.1. The fourth-order valence-electron chi connectivity index (χ4n) is 5.56. The van der Waals surface area contributed by atoms with Gasteiger partial charge in [-0.15, -0.1) is 0 Å². The fourth-order valence-corrected chi connectivity index (χ4v) is 5.56. The first-order valence-corrected chi connectivity index (χ1v) is 16.5. The van der Waals surface area contributed by atoms with E-state index in [1.807, 2.05) is 6.92 Å². The van der Waals surface area contributed by atoms with Crippen molar-refractivity contribution in [2.24, 2.45) is 5.92 Å². The molecule has 5 amide bonds. The van der Waals surface area contributed by atoms with Gasteiger partial charge in [0.05, 0.1) is 41.8 Å². The summed E-state index contributed by atoms with van der Waals surface area (Å²) in [5.74, 6) is -0.335. The molecule has 0 aliphatic carbocycles. The Morgan fingerprint density at radius 1 is 1.02 bits per heavy atom. The van der Waals surface area contributed by atoms with Crippen LogP contribution in [0.2, 0.25) is 0 Å². The van der Waals surface area contributed by atoms with E-state index in [4.69, 9.17) is 15.0 Å². The highest BCUT2D eigenvalue weighted by Crippen LogP contribution is 2.35. The van der Waals surface area contributed by atoms with E-state index in [0.29, 0.717) is 59.9 Å². The number of carbonyl (C=O) groups is 4. The highest BCUT2D eigenvalue weighted by Gasteiger charge is 2.35. The van der Waals surface area contributed by atoms with E-state index in [9.17, 15) is 24.3 Å². The lowest BCUT2D eigenvalue weighted by atomic mass is 9.99. The van der Waals surface area contributed by atoms with Crippen LogP contribution in [-0.2, 0) is 9.59 Å². The maximum absolute atomic E-state index is 13.8. The molecular formula is C35H47N7O7. The Morgan fingerprint density at radius 2 is 1.67 bits per heavy atom. The Bertz CT molecular complexity index is 1620. The zero-order chi connectivity index (χ0) is 35.7. The molecule has 1 aromatic heterocycles. The predicted octanol–water partition coefficient (Wildman–Crippen LogP) is 4.79. The van der Waals surface area contributed by atoms with E-state index in [0.717, 1.165) is 0 Å². The molecule has 4 rings (SSSR count). The van der Waals surface area contributed by atoms with Gasteiger partial charge in [0.2, 0.25) is 11.8 Å². The smallest absolute Gasteiger partial charge is 0.321 e. The van der Waals surface area contributed by atoms with E-state index in [1.165, 1.54) is 4.90 Å². The zero-order valence-corrected chi connectivity index (χ0v) is 28.7. The number of benzene rings is 2. The first-order valence-electron chi connectivity index (χ1n) is 16.5. The molecule has 3 atom stereocenters. The summed E-state index contributed by atoms with van der Waals surface area (Å²) in [4.78, 5) is 55.4. The number of ether oxygens (including phenoxy) is 1. The van der Waals surface area contributed by atoms with Gasteiger partial charge in [-0.25, -0.2) is 4.79 Å². The molecule has 0 saturated heterocycles. The van der Waals surface area contributed by atoms with Gasteiger partial charge in [0, 0.05) is 32.4 Å². The van der Waals surface area contributed by atoms with Crippen LogP contribution in [-0.4, -0.2) is 82.7 Å². The van der Waals surface area contributed by atoms with Gasteiger partial charge in [-0.1, -0.05) is 36.7 Å². The van der Waals surface area contributed by atoms with Crippen LogP contribution in [0.15, 0.2) is 47.0 Å². The van der Waals surface area contributed by atoms with E-state index in [2.05, 4.69) is 21.1 Å². The summed E-state index contributed by atoms with van der Waals surface area (Å²) in [6.45, 7) is 7.30. The van der Waals surface area contributed by atoms with Crippen LogP contribution >= 0.6 is 0 Å². The minimum atomic E-state index is -0.587. The quantitative estimate of drug-likeness (QED) is 0.125. The van der Waals surface area contributed by atoms with Crippen LogP contribution in [0.4, 0.5) is 27.5 Å². The zero-order valence-electron chi connectivity index (χ0n) is 28.7. The van der Waals surface area contributed by atoms with Crippen molar-refractivity contribution in [3.05, 3.63) is 59.5 Å². The van der Waals surface area contributed by atoms with Crippen molar-refractivity contribution in [3.63, 3.8) is 0 Å². The van der Waals surface area contributed by atoms with Gasteiger partial charge in [-0.05, 0) is 57.9 Å². The first-order chi connectivity index (χ1) is 23.4. The number of hydrogen-bond donors (Lipinski definition) is 5. The number of nitrogens with zero attached hydrogens (tertiary/aromatic N) is 3. The fraction of sp³-hybridized carbons (Fsp3) is 0.457. The third-order valence-corrected chi connectivity index (χ3v) is 8.57. The Labute approximate surface area is 286 Å². The molecule has 14 nitrogen and oxygen atoms in total. The minimum absolute atomic E-state index is 0.146. The average Bonchev–Trinajstić information content (AvgIpc) is 3.39. The number of carbonyl (C=O) groups excluding carboxylic acids is 4. The molecular weight excluding hydrogens is 630 g/mol. The number of nitrogens with one attached hydrogen (secondary N) is 3. The third kappa shape index (κ3) is 9.50. The molecule has 2 heterocycles. The molecule has 0 saturated carbocycles. The second-order valence-electron chi connectivity index (χ2n) is 12.6. The molecule has 1 aliphatic rings. The molecule has 3 aromatic rings. The number of nitrogens with two attached hydrogens (primary N) is 1. The van der Waals surface area contributed by atoms with Gasteiger partial charge in [-0.2, -0.15) is 0 Å². The van der Waals surface area contributed by atoms with E-state index in [-0.39, 0.29) is 61.1 Å². The third-order valence-electron chi connectivity index (χ3n) is 8.57. The highest BCUT2D eigenvalue weighted by molar-refractivity contribution is 6.01. The minimum Gasteiger partial charge on any atom is -0.485 e. The van der Waals surface area contributed by atoms with Gasteiger partial charge in [0.1, 0.15) is 17.5 Å². The summed E-state index contributed by atoms with van der Waals surface area (Å²) in [5.41, 5.74) is 8.57. The van der Waals surface area contributed by atoms with Crippen molar-refractivity contribution >= 4 is 46.5 Å². The molecule has 1 aliphatic heterocycles. The number of aromatic nitrogens is 1. The van der Waals surface area contributed by atoms with Crippen LogP contribution in [0.1, 0.15) is 67.8 Å². The number of anilines is 4. The Morgan fingerprint density at radius 3 is 2.31 bits per heavy atom. The van der Waals surface area contributed by atoms with Crippen molar-refractivity contribution in [3.8, 4) is 5.75 Å². The summed E-state index contributed by atoms with van der Waals surface area (Å²) >= 11 is 0. The summed E-state index contributed by atoms with van der Waals surface area (Å²) in [7, 11) is 1.64. The first kappa shape index (κ1) is 36.7. The second-order valence-corrected chi connectivity index (χ2v) is 12.6. The summed E-state index contributed by atoms with van der Waals surface area (Å²) in [6.07, 6.45) is 1.71. The van der Waals surface area contributed by atoms with Crippen molar-refractivity contribution < 1.29 is 33.5 Å². The molecule has 6 N–H and O–H groups in total. The number of para-hydroxylation sites is 3. The standard InChI is InChI=1S/C35H47N7O7/c1-21-18-42(22(2)20-43)34(46)25-12-11-15-28(33(25)48-29(21)19-41(5)35(47)39-32-23(3)40-49-24(32)4)38-31(45)17-8-6-7-16-30(44)37-27-14-10-9-13-26(27)36/h9-15,21-22,29,43H,6-8,16-20,36H2,1-5H3,(H,37,44)(H,38,45)(H,39,47)/t21-,22-,29+/m1/s1. The van der Waals surface area contributed by atoms with E-state index in [1.54, 1.807) is 75.2 Å². The molecule has 0 radical (unpaired) electrons. The number of aryl methyl sites for hydroxylation is 2. The van der Waals surface area contributed by atoms with Crippen LogP contribution < -0.4 is 26.4 Å². The molecule has 14 heteroatoms.